The second-order valence-electron chi connectivity index (χ2n) is 6.81. The highest BCUT2D eigenvalue weighted by Crippen LogP contribution is 2.32. The number of hydrogen-bond donors (Lipinski definition) is 3. The van der Waals surface area contributed by atoms with Crippen LogP contribution in [-0.2, 0) is 25.9 Å². The van der Waals surface area contributed by atoms with E-state index in [4.69, 9.17) is 11.6 Å². The zero-order valence-corrected chi connectivity index (χ0v) is 16.5. The van der Waals surface area contributed by atoms with Crippen LogP contribution >= 0.6 is 22.9 Å². The average molecular weight is 402 g/mol. The Bertz CT molecular complexity index is 1090. The van der Waals surface area contributed by atoms with E-state index >= 15 is 0 Å². The minimum absolute atomic E-state index is 0.117. The van der Waals surface area contributed by atoms with Gasteiger partial charge in [0, 0.05) is 32.4 Å². The van der Waals surface area contributed by atoms with Gasteiger partial charge in [-0.15, -0.1) is 11.3 Å². The molecule has 7 heteroatoms. The Morgan fingerprint density at radius 2 is 2.04 bits per heavy atom. The molecule has 0 saturated heterocycles. The number of aromatic nitrogens is 1. The lowest BCUT2D eigenvalue weighted by Gasteiger charge is -2.08. The predicted octanol–water partition coefficient (Wildman–Crippen LogP) is 4.04. The fourth-order valence-corrected chi connectivity index (χ4v) is 4.81. The second kappa shape index (κ2) is 7.37. The van der Waals surface area contributed by atoms with Crippen LogP contribution in [0.3, 0.4) is 0 Å². The van der Waals surface area contributed by atoms with Crippen LogP contribution in [0.4, 0.5) is 4.79 Å². The van der Waals surface area contributed by atoms with Crippen molar-refractivity contribution in [2.24, 2.45) is 0 Å². The molecule has 0 fully saturated rings. The molecule has 2 aromatic heterocycles. The Morgan fingerprint density at radius 1 is 1.22 bits per heavy atom. The number of hydrogen-bond acceptors (Lipinski definition) is 3. The molecule has 1 aliphatic rings. The number of aryl methyl sites for hydroxylation is 3. The van der Waals surface area contributed by atoms with Crippen molar-refractivity contribution in [3.63, 3.8) is 0 Å². The van der Waals surface area contributed by atoms with Crippen LogP contribution in [-0.4, -0.2) is 11.0 Å². The number of thiophene rings is 1. The maximum absolute atomic E-state index is 12.2. The fraction of sp³-hybridized carbons (Fsp3) is 0.300. The number of halogens is 1. The average Bonchev–Trinajstić information content (AvgIpc) is 3.22. The van der Waals surface area contributed by atoms with Gasteiger partial charge in [0.05, 0.1) is 6.54 Å². The van der Waals surface area contributed by atoms with Gasteiger partial charge in [-0.1, -0.05) is 11.6 Å². The second-order valence-corrected chi connectivity index (χ2v) is 8.38. The lowest BCUT2D eigenvalue weighted by Crippen LogP contribution is -2.36. The molecular formula is C20H20ClN3O2S. The van der Waals surface area contributed by atoms with E-state index in [-0.39, 0.29) is 18.1 Å². The Hall–Kier alpha value is -2.31. The summed E-state index contributed by atoms with van der Waals surface area (Å²) in [6.07, 6.45) is 2.99. The van der Waals surface area contributed by atoms with E-state index in [0.717, 1.165) is 45.5 Å². The number of rotatable bonds is 4. The molecule has 0 saturated carbocycles. The number of fused-ring (bicyclic) bond motifs is 2. The van der Waals surface area contributed by atoms with Crippen molar-refractivity contribution >= 4 is 39.1 Å². The number of aromatic amines is 1. The number of benzene rings is 1. The van der Waals surface area contributed by atoms with E-state index in [1.54, 1.807) is 11.3 Å². The van der Waals surface area contributed by atoms with Crippen molar-refractivity contribution in [3.8, 4) is 0 Å². The van der Waals surface area contributed by atoms with Gasteiger partial charge in [-0.05, 0) is 67.0 Å². The highest BCUT2D eigenvalue weighted by Gasteiger charge is 2.15. The summed E-state index contributed by atoms with van der Waals surface area (Å²) in [5.41, 5.74) is 3.83. The molecule has 4 rings (SSSR count). The van der Waals surface area contributed by atoms with Gasteiger partial charge in [0.1, 0.15) is 0 Å². The van der Waals surface area contributed by atoms with E-state index in [2.05, 4.69) is 15.6 Å². The molecule has 0 atom stereocenters. The quantitative estimate of drug-likeness (QED) is 0.617. The summed E-state index contributed by atoms with van der Waals surface area (Å²) in [7, 11) is 0. The van der Waals surface area contributed by atoms with Crippen molar-refractivity contribution in [2.45, 2.75) is 39.3 Å². The third kappa shape index (κ3) is 3.73. The minimum Gasteiger partial charge on any atom is -0.334 e. The van der Waals surface area contributed by atoms with Gasteiger partial charge in [0.15, 0.2) is 0 Å². The van der Waals surface area contributed by atoms with Gasteiger partial charge < -0.3 is 15.6 Å². The zero-order valence-electron chi connectivity index (χ0n) is 14.9. The first kappa shape index (κ1) is 18.1. The number of nitrogens with one attached hydrogen (secondary N) is 3. The van der Waals surface area contributed by atoms with Crippen molar-refractivity contribution in [1.82, 2.24) is 15.6 Å². The summed E-state index contributed by atoms with van der Waals surface area (Å²) in [6, 6.07) is 7.45. The first-order valence-corrected chi connectivity index (χ1v) is 10.1. The fourth-order valence-electron chi connectivity index (χ4n) is 3.50. The maximum Gasteiger partial charge on any atom is 0.315 e. The van der Waals surface area contributed by atoms with E-state index in [0.29, 0.717) is 17.1 Å². The van der Waals surface area contributed by atoms with E-state index in [1.807, 2.05) is 31.2 Å². The standard InChI is InChI=1S/C20H20ClN3O2S/c1-11-15-8-14(21)5-6-17(15)27-18(11)10-23-20(26)22-9-13-7-12-3-2-4-16(12)24-19(13)25/h5-8H,2-4,9-10H2,1H3,(H,24,25)(H2,22,23,26). The van der Waals surface area contributed by atoms with Crippen LogP contribution in [0, 0.1) is 6.92 Å². The van der Waals surface area contributed by atoms with Gasteiger partial charge in [-0.3, -0.25) is 4.79 Å². The highest BCUT2D eigenvalue weighted by molar-refractivity contribution is 7.19. The molecule has 2 amide bonds. The van der Waals surface area contributed by atoms with E-state index < -0.39 is 0 Å². The smallest absolute Gasteiger partial charge is 0.315 e. The van der Waals surface area contributed by atoms with Crippen LogP contribution < -0.4 is 16.2 Å². The Morgan fingerprint density at radius 3 is 2.89 bits per heavy atom. The first-order valence-electron chi connectivity index (χ1n) is 8.94. The van der Waals surface area contributed by atoms with Crippen LogP contribution in [0.25, 0.3) is 10.1 Å². The molecule has 1 aromatic carbocycles. The van der Waals surface area contributed by atoms with Gasteiger partial charge in [-0.2, -0.15) is 0 Å². The Balaban J connectivity index is 1.38. The van der Waals surface area contributed by atoms with Crippen molar-refractivity contribution in [2.75, 3.05) is 0 Å². The number of carbonyl (C=O) groups excluding carboxylic acids is 1. The molecule has 1 aliphatic carbocycles. The topological polar surface area (TPSA) is 74.0 Å². The molecular weight excluding hydrogens is 382 g/mol. The lowest BCUT2D eigenvalue weighted by molar-refractivity contribution is 0.240. The van der Waals surface area contributed by atoms with E-state index in [1.165, 1.54) is 5.56 Å². The Kier molecular flexibility index (Phi) is 4.93. The zero-order chi connectivity index (χ0) is 19.0. The molecule has 140 valence electrons. The van der Waals surface area contributed by atoms with Gasteiger partial charge in [0.2, 0.25) is 0 Å². The normalized spacial score (nSPS) is 13.0. The lowest BCUT2D eigenvalue weighted by atomic mass is 10.1. The Labute approximate surface area is 165 Å². The molecule has 5 nitrogen and oxygen atoms in total. The van der Waals surface area contributed by atoms with Gasteiger partial charge in [-0.25, -0.2) is 4.79 Å². The van der Waals surface area contributed by atoms with Crippen LogP contribution in [0.2, 0.25) is 5.02 Å². The SMILES string of the molecule is Cc1c(CNC(=O)NCc2cc3c([nH]c2=O)CCC3)sc2ccc(Cl)cc12. The van der Waals surface area contributed by atoms with Crippen LogP contribution in [0.1, 0.15) is 33.7 Å². The number of urea groups is 1. The number of amides is 2. The summed E-state index contributed by atoms with van der Waals surface area (Å²) in [6.45, 7) is 2.69. The number of H-pyrrole nitrogens is 1. The van der Waals surface area contributed by atoms with Crippen molar-refractivity contribution in [1.29, 1.82) is 0 Å². The third-order valence-corrected chi connectivity index (χ3v) is 6.52. The maximum atomic E-state index is 12.2. The molecule has 27 heavy (non-hydrogen) atoms. The van der Waals surface area contributed by atoms with Crippen LogP contribution in [0.5, 0.6) is 0 Å². The molecule has 0 bridgehead atoms. The van der Waals surface area contributed by atoms with Gasteiger partial charge >= 0.3 is 6.03 Å². The molecule has 0 spiro atoms. The minimum atomic E-state index is -0.287. The van der Waals surface area contributed by atoms with E-state index in [9.17, 15) is 9.59 Å². The molecule has 0 aliphatic heterocycles. The summed E-state index contributed by atoms with van der Waals surface area (Å²) in [4.78, 5) is 28.3. The van der Waals surface area contributed by atoms with Gasteiger partial charge in [0.25, 0.3) is 5.56 Å². The monoisotopic (exact) mass is 401 g/mol. The summed E-state index contributed by atoms with van der Waals surface area (Å²) in [5, 5.41) is 7.48. The number of carbonyl (C=O) groups is 1. The van der Waals surface area contributed by atoms with Crippen LogP contribution in [0.15, 0.2) is 29.1 Å². The summed E-state index contributed by atoms with van der Waals surface area (Å²) >= 11 is 7.72. The first-order chi connectivity index (χ1) is 13.0. The summed E-state index contributed by atoms with van der Waals surface area (Å²) in [5.74, 6) is 0. The molecule has 3 N–H and O–H groups in total. The predicted molar refractivity (Wildman–Crippen MR) is 110 cm³/mol. The summed E-state index contributed by atoms with van der Waals surface area (Å²) < 4.78 is 1.15. The molecule has 2 heterocycles. The molecule has 3 aromatic rings. The largest absolute Gasteiger partial charge is 0.334 e. The molecule has 0 unspecified atom stereocenters. The van der Waals surface area contributed by atoms with Crippen molar-refractivity contribution in [3.05, 3.63) is 66.9 Å². The highest BCUT2D eigenvalue weighted by atomic mass is 35.5. The molecule has 0 radical (unpaired) electrons. The third-order valence-electron chi connectivity index (χ3n) is 5.01. The van der Waals surface area contributed by atoms with Crippen molar-refractivity contribution < 1.29 is 4.79 Å². The number of pyridine rings is 1.